The van der Waals surface area contributed by atoms with Crippen LogP contribution in [0.25, 0.3) is 0 Å². The molecule has 0 bridgehead atoms. The molecule has 5 fully saturated rings. The van der Waals surface area contributed by atoms with Crippen molar-refractivity contribution >= 4 is 11.6 Å². The van der Waals surface area contributed by atoms with Gasteiger partial charge in [-0.25, -0.2) is 0 Å². The average Bonchev–Trinajstić information content (AvgIpc) is 3.48. The average molecular weight is 519 g/mol. The number of nitriles is 2. The van der Waals surface area contributed by atoms with E-state index in [1.54, 1.807) is 0 Å². The van der Waals surface area contributed by atoms with Gasteiger partial charge in [0.15, 0.2) is 11.6 Å². The minimum Gasteiger partial charge on any atom is -0.393 e. The summed E-state index contributed by atoms with van der Waals surface area (Å²) in [6, 6.07) is 4.88. The number of carbonyl (C=O) groups excluding carboxylic acids is 2. The van der Waals surface area contributed by atoms with Crippen LogP contribution in [0.1, 0.15) is 93.9 Å². The third-order valence-electron chi connectivity index (χ3n) is 13.9. The van der Waals surface area contributed by atoms with Crippen LogP contribution in [0.3, 0.4) is 0 Å². The van der Waals surface area contributed by atoms with Crippen LogP contribution in [-0.2, 0) is 14.3 Å². The van der Waals surface area contributed by atoms with Crippen LogP contribution in [0.2, 0.25) is 0 Å². The summed E-state index contributed by atoms with van der Waals surface area (Å²) in [5.41, 5.74) is -4.60. The number of epoxide rings is 1. The van der Waals surface area contributed by atoms with Gasteiger partial charge < -0.3 is 9.84 Å². The van der Waals surface area contributed by atoms with Crippen LogP contribution < -0.4 is 0 Å². The number of fused-ring (bicyclic) bond motifs is 9. The Morgan fingerprint density at radius 2 is 1.61 bits per heavy atom. The second-order valence-corrected chi connectivity index (χ2v) is 15.7. The molecule has 1 N–H and O–H groups in total. The maximum Gasteiger partial charge on any atom is 0.243 e. The number of carbonyl (C=O) groups is 2. The number of ether oxygens (including phenoxy) is 1. The van der Waals surface area contributed by atoms with Crippen molar-refractivity contribution in [2.24, 2.45) is 50.2 Å². The molecule has 6 aliphatic rings. The first-order valence-electron chi connectivity index (χ1n) is 14.4. The highest BCUT2D eigenvalue weighted by atomic mass is 16.6. The molecular weight excluding hydrogens is 476 g/mol. The topological polar surface area (TPSA) is 114 Å². The van der Waals surface area contributed by atoms with E-state index in [-0.39, 0.29) is 45.6 Å². The van der Waals surface area contributed by atoms with E-state index in [1.807, 2.05) is 26.8 Å². The fourth-order valence-corrected chi connectivity index (χ4v) is 11.0. The molecule has 0 spiro atoms. The SMILES string of the molecule is CC1(C)C[C@H]2[C@H]3C(=O)C=C4[C@@](C)(CC[C@H]5C(C)(C)C(=O)C6(C#N)O[C@]6(C)[C@]45C)[C@]3(C)CC[C@@]2(C#N)CC1O. The van der Waals surface area contributed by atoms with E-state index in [2.05, 4.69) is 46.8 Å². The monoisotopic (exact) mass is 518 g/mol. The Balaban J connectivity index is 1.55. The van der Waals surface area contributed by atoms with Gasteiger partial charge in [0.25, 0.3) is 0 Å². The Morgan fingerprint density at radius 3 is 2.21 bits per heavy atom. The van der Waals surface area contributed by atoms with Crippen LogP contribution in [0, 0.1) is 72.9 Å². The lowest BCUT2D eigenvalue weighted by molar-refractivity contribution is -0.180. The highest BCUT2D eigenvalue weighted by Gasteiger charge is 2.88. The third kappa shape index (κ3) is 2.40. The first-order valence-corrected chi connectivity index (χ1v) is 14.4. The second-order valence-electron chi connectivity index (χ2n) is 15.7. The van der Waals surface area contributed by atoms with Gasteiger partial charge in [-0.05, 0) is 79.6 Å². The second kappa shape index (κ2) is 6.82. The minimum absolute atomic E-state index is 0.0469. The van der Waals surface area contributed by atoms with E-state index in [0.29, 0.717) is 19.3 Å². The molecule has 0 radical (unpaired) electrons. The van der Waals surface area contributed by atoms with Gasteiger partial charge in [0.1, 0.15) is 11.7 Å². The summed E-state index contributed by atoms with van der Waals surface area (Å²) in [5.74, 6) is -0.530. The Bertz CT molecular complexity index is 1300. The van der Waals surface area contributed by atoms with E-state index < -0.39 is 33.6 Å². The molecule has 6 nitrogen and oxygen atoms in total. The van der Waals surface area contributed by atoms with Gasteiger partial charge in [0.05, 0.1) is 17.6 Å². The number of hydrogen-bond donors (Lipinski definition) is 1. The predicted octanol–water partition coefficient (Wildman–Crippen LogP) is 5.30. The van der Waals surface area contributed by atoms with Crippen molar-refractivity contribution in [3.05, 3.63) is 11.6 Å². The summed E-state index contributed by atoms with van der Waals surface area (Å²) >= 11 is 0. The fraction of sp³-hybridized carbons (Fsp3) is 0.812. The van der Waals surface area contributed by atoms with Crippen molar-refractivity contribution in [3.63, 3.8) is 0 Å². The molecule has 1 aliphatic heterocycles. The fourth-order valence-electron chi connectivity index (χ4n) is 11.0. The van der Waals surface area contributed by atoms with Crippen LogP contribution >= 0.6 is 0 Å². The van der Waals surface area contributed by atoms with Crippen LogP contribution in [0.5, 0.6) is 0 Å². The predicted molar refractivity (Wildman–Crippen MR) is 140 cm³/mol. The zero-order valence-corrected chi connectivity index (χ0v) is 24.2. The van der Waals surface area contributed by atoms with Crippen molar-refractivity contribution in [1.29, 1.82) is 10.5 Å². The van der Waals surface area contributed by atoms with Crippen LogP contribution in [-0.4, -0.2) is 34.0 Å². The summed E-state index contributed by atoms with van der Waals surface area (Å²) in [6.07, 6.45) is 5.44. The first-order chi connectivity index (χ1) is 17.4. The molecule has 0 aromatic heterocycles. The first kappa shape index (κ1) is 26.2. The number of hydrogen-bond acceptors (Lipinski definition) is 6. The molecule has 5 aliphatic carbocycles. The molecule has 204 valence electrons. The zero-order chi connectivity index (χ0) is 28.1. The Labute approximate surface area is 226 Å². The van der Waals surface area contributed by atoms with Gasteiger partial charge in [-0.2, -0.15) is 10.5 Å². The summed E-state index contributed by atoms with van der Waals surface area (Å²) in [5, 5.41) is 31.7. The van der Waals surface area contributed by atoms with E-state index >= 15 is 0 Å². The number of rotatable bonds is 0. The zero-order valence-electron chi connectivity index (χ0n) is 24.2. The van der Waals surface area contributed by atoms with Crippen molar-refractivity contribution in [2.75, 3.05) is 0 Å². The highest BCUT2D eigenvalue weighted by Crippen LogP contribution is 2.80. The van der Waals surface area contributed by atoms with E-state index in [0.717, 1.165) is 24.8 Å². The van der Waals surface area contributed by atoms with Gasteiger partial charge in [-0.15, -0.1) is 0 Å². The summed E-state index contributed by atoms with van der Waals surface area (Å²) < 4.78 is 6.25. The molecule has 6 rings (SSSR count). The molecule has 6 heteroatoms. The molecular formula is C32H42N2O4. The Morgan fingerprint density at radius 1 is 0.947 bits per heavy atom. The van der Waals surface area contributed by atoms with Gasteiger partial charge in [-0.3, -0.25) is 9.59 Å². The molecule has 0 amide bonds. The van der Waals surface area contributed by atoms with Crippen LogP contribution in [0.4, 0.5) is 0 Å². The molecule has 2 unspecified atom stereocenters. The number of allylic oxidation sites excluding steroid dienone is 1. The van der Waals surface area contributed by atoms with Gasteiger partial charge in [0, 0.05) is 16.7 Å². The molecule has 0 aromatic rings. The van der Waals surface area contributed by atoms with Crippen molar-refractivity contribution < 1.29 is 19.4 Å². The number of aliphatic hydroxyl groups excluding tert-OH is 1. The lowest BCUT2D eigenvalue weighted by Gasteiger charge is -2.69. The lowest BCUT2D eigenvalue weighted by atomic mass is 9.32. The Hall–Kier alpha value is -2.02. The van der Waals surface area contributed by atoms with Crippen molar-refractivity contribution in [2.45, 2.75) is 111 Å². The quantitative estimate of drug-likeness (QED) is 0.435. The molecule has 1 saturated heterocycles. The van der Waals surface area contributed by atoms with Gasteiger partial charge >= 0.3 is 0 Å². The van der Waals surface area contributed by atoms with Crippen LogP contribution in [0.15, 0.2) is 11.6 Å². The van der Waals surface area contributed by atoms with E-state index in [4.69, 9.17) is 4.74 Å². The molecule has 10 atom stereocenters. The Kier molecular flexibility index (Phi) is 4.70. The van der Waals surface area contributed by atoms with Gasteiger partial charge in [-0.1, -0.05) is 54.0 Å². The highest BCUT2D eigenvalue weighted by molar-refractivity contribution is 6.02. The third-order valence-corrected chi connectivity index (χ3v) is 13.9. The normalized spacial score (nSPS) is 55.5. The number of aliphatic hydroxyl groups is 1. The van der Waals surface area contributed by atoms with Crippen molar-refractivity contribution in [3.8, 4) is 12.1 Å². The minimum atomic E-state index is -1.48. The number of ketones is 2. The maximum absolute atomic E-state index is 14.4. The summed E-state index contributed by atoms with van der Waals surface area (Å²) in [4.78, 5) is 28.1. The molecule has 1 heterocycles. The maximum atomic E-state index is 14.4. The number of nitrogens with zero attached hydrogens (tertiary/aromatic N) is 2. The lowest BCUT2D eigenvalue weighted by Crippen LogP contribution is -2.69. The summed E-state index contributed by atoms with van der Waals surface area (Å²) in [6.45, 7) is 16.6. The standard InChI is InChI=1S/C32H42N2O4/c1-25(2)14-18-23-19(35)13-21-27(5,28(23,6)11-12-31(18,16-33)15-22(25)36)10-9-20-26(3,4)24(37)32(17-34)30(8,38-32)29(20,21)7/h13,18,20,22-23,36H,9-12,14-15H2,1-8H3/t18-,20-,22?,23-,27+,28+,29-,30+,31-,32?/m0/s1. The van der Waals surface area contributed by atoms with E-state index in [9.17, 15) is 25.2 Å². The smallest absolute Gasteiger partial charge is 0.243 e. The van der Waals surface area contributed by atoms with Gasteiger partial charge in [0.2, 0.25) is 5.60 Å². The molecule has 4 saturated carbocycles. The molecule has 0 aromatic carbocycles. The molecule has 38 heavy (non-hydrogen) atoms. The van der Waals surface area contributed by atoms with Crippen molar-refractivity contribution in [1.82, 2.24) is 0 Å². The summed E-state index contributed by atoms with van der Waals surface area (Å²) in [7, 11) is 0. The number of Topliss-reactive ketones (excluding diaryl/α,β-unsaturated/α-hetero) is 1. The van der Waals surface area contributed by atoms with E-state index in [1.165, 1.54) is 0 Å². The largest absolute Gasteiger partial charge is 0.393 e.